The van der Waals surface area contributed by atoms with Gasteiger partial charge in [0.1, 0.15) is 0 Å². The summed E-state index contributed by atoms with van der Waals surface area (Å²) in [6, 6.07) is 115. The Morgan fingerprint density at radius 3 is 1.42 bits per heavy atom. The standard InChI is InChI=1S/C85H53BN8S/c1-6-25-54(26-7-1)69-53-70(58-32-24-31-57(49-58)60-51-76-80-77(52-60)93(62-35-14-5-15-36-62)74-43-22-19-40-68(74)86(80)67-39-18-21-42-73(67)92(76)61-33-12-4-13-34-61)88-85(87-69)66-50-59(84-90-82(55-27-8-2-9-28-55)89-83(91-84)56-29-10-3-11-30-56)45-47-72(66)94-71-41-20-16-38-65(71)79-75(94)48-46-64-63-37-17-23-44-78(63)95-81(64)79/h1-53H. The first kappa shape index (κ1) is 54.4. The Balaban J connectivity index is 0.847. The van der Waals surface area contributed by atoms with Crippen molar-refractivity contribution >= 4 is 111 Å². The second-order valence-corrected chi connectivity index (χ2v) is 25.3. The predicted molar refractivity (Wildman–Crippen MR) is 395 cm³/mol. The molecule has 0 amide bonds. The van der Waals surface area contributed by atoms with Crippen LogP contribution in [0.1, 0.15) is 0 Å². The zero-order chi connectivity index (χ0) is 62.5. The Morgan fingerprint density at radius 1 is 0.284 bits per heavy atom. The minimum atomic E-state index is -0.00626. The lowest BCUT2D eigenvalue weighted by Gasteiger charge is -2.44. The van der Waals surface area contributed by atoms with E-state index < -0.39 is 0 Å². The van der Waals surface area contributed by atoms with E-state index in [9.17, 15) is 0 Å². The van der Waals surface area contributed by atoms with Gasteiger partial charge in [-0.15, -0.1) is 11.3 Å². The van der Waals surface area contributed by atoms with Crippen LogP contribution in [0.5, 0.6) is 0 Å². The van der Waals surface area contributed by atoms with Crippen LogP contribution in [0.4, 0.5) is 34.1 Å². The average molecular weight is 1230 g/mol. The lowest BCUT2D eigenvalue weighted by atomic mass is 9.33. The third-order valence-corrected chi connectivity index (χ3v) is 20.0. The van der Waals surface area contributed by atoms with Gasteiger partial charge in [0.25, 0.3) is 6.71 Å². The number of para-hydroxylation sites is 5. The number of fused-ring (bicyclic) bond motifs is 11. The second-order valence-electron chi connectivity index (χ2n) is 24.3. The molecule has 17 aromatic rings. The molecule has 4 aromatic heterocycles. The fourth-order valence-corrected chi connectivity index (χ4v) is 15.8. The molecule has 19 rings (SSSR count). The normalized spacial score (nSPS) is 12.4. The maximum absolute atomic E-state index is 5.79. The minimum absolute atomic E-state index is 0.00626. The lowest BCUT2D eigenvalue weighted by Crippen LogP contribution is -2.61. The molecule has 0 saturated heterocycles. The zero-order valence-corrected chi connectivity index (χ0v) is 52.0. The Labute approximate surface area is 552 Å². The van der Waals surface area contributed by atoms with Crippen LogP contribution < -0.4 is 26.2 Å². The van der Waals surface area contributed by atoms with Gasteiger partial charge in [0, 0.05) is 98.4 Å². The molecule has 0 bridgehead atoms. The second kappa shape index (κ2) is 22.2. The number of anilines is 6. The molecule has 2 aliphatic heterocycles. The van der Waals surface area contributed by atoms with Crippen molar-refractivity contribution in [3.63, 3.8) is 0 Å². The van der Waals surface area contributed by atoms with Crippen LogP contribution in [0.3, 0.4) is 0 Å². The van der Waals surface area contributed by atoms with Crippen molar-refractivity contribution in [3.8, 4) is 84.9 Å². The van der Waals surface area contributed by atoms with Crippen LogP contribution in [0.15, 0.2) is 322 Å². The summed E-state index contributed by atoms with van der Waals surface area (Å²) in [5, 5.41) is 4.89. The van der Waals surface area contributed by atoms with Crippen LogP contribution in [0.2, 0.25) is 0 Å². The van der Waals surface area contributed by atoms with Gasteiger partial charge in [-0.25, -0.2) is 24.9 Å². The molecule has 8 nitrogen and oxygen atoms in total. The van der Waals surface area contributed by atoms with Gasteiger partial charge < -0.3 is 14.4 Å². The summed E-state index contributed by atoms with van der Waals surface area (Å²) in [5.41, 5.74) is 22.7. The number of aromatic nitrogens is 6. The van der Waals surface area contributed by atoms with E-state index in [1.165, 1.54) is 58.7 Å². The maximum atomic E-state index is 5.79. The molecule has 0 unspecified atom stereocenters. The monoisotopic (exact) mass is 1230 g/mol. The van der Waals surface area contributed by atoms with Crippen LogP contribution in [0, 0.1) is 0 Å². The highest BCUT2D eigenvalue weighted by molar-refractivity contribution is 7.26. The third kappa shape index (κ3) is 9.02. The van der Waals surface area contributed by atoms with Crippen molar-refractivity contribution in [2.24, 2.45) is 0 Å². The molecule has 0 spiro atoms. The molecule has 0 N–H and O–H groups in total. The van der Waals surface area contributed by atoms with Crippen molar-refractivity contribution in [1.29, 1.82) is 0 Å². The quantitative estimate of drug-likeness (QED) is 0.126. The summed E-state index contributed by atoms with van der Waals surface area (Å²) in [6.07, 6.45) is 0. The van der Waals surface area contributed by atoms with Crippen molar-refractivity contribution in [2.45, 2.75) is 0 Å². The van der Waals surface area contributed by atoms with E-state index in [0.717, 1.165) is 95.4 Å². The van der Waals surface area contributed by atoms with E-state index in [4.69, 9.17) is 24.9 Å². The highest BCUT2D eigenvalue weighted by Gasteiger charge is 2.43. The number of rotatable bonds is 10. The summed E-state index contributed by atoms with van der Waals surface area (Å²) in [6.45, 7) is -0.00626. The SMILES string of the molecule is c1ccc(-c2cc(-c3cccc(-c4cc5c6c(c4)N(c4ccccc4)c4ccccc4B6c4ccccc4N5c4ccccc4)c3)nc(-c3cc(-c4nc(-c5ccccc5)nc(-c5ccccc5)n4)ccc3-n3c4ccccc4c4c5sc6ccccc6c5ccc43)n2)cc1. The molecule has 10 heteroatoms. The Hall–Kier alpha value is -12.4. The van der Waals surface area contributed by atoms with Gasteiger partial charge in [-0.3, -0.25) is 0 Å². The summed E-state index contributed by atoms with van der Waals surface area (Å²) in [4.78, 5) is 32.1. The molecule has 0 aliphatic carbocycles. The molecule has 442 valence electrons. The van der Waals surface area contributed by atoms with Gasteiger partial charge >= 0.3 is 0 Å². The molecular weight excluding hydrogens is 1180 g/mol. The first-order valence-corrected chi connectivity index (χ1v) is 32.9. The summed E-state index contributed by atoms with van der Waals surface area (Å²) in [7, 11) is 0. The van der Waals surface area contributed by atoms with Gasteiger partial charge in [-0.1, -0.05) is 224 Å². The molecule has 0 atom stereocenters. The number of hydrogen-bond acceptors (Lipinski definition) is 8. The van der Waals surface area contributed by atoms with Crippen molar-refractivity contribution in [2.75, 3.05) is 9.80 Å². The van der Waals surface area contributed by atoms with Crippen molar-refractivity contribution in [1.82, 2.24) is 29.5 Å². The van der Waals surface area contributed by atoms with Crippen LogP contribution in [-0.4, -0.2) is 36.2 Å². The summed E-state index contributed by atoms with van der Waals surface area (Å²) >= 11 is 1.85. The Kier molecular flexibility index (Phi) is 12.7. The van der Waals surface area contributed by atoms with E-state index >= 15 is 0 Å². The lowest BCUT2D eigenvalue weighted by molar-refractivity contribution is 1.07. The molecule has 0 saturated carbocycles. The van der Waals surface area contributed by atoms with E-state index in [-0.39, 0.29) is 6.71 Å². The zero-order valence-electron chi connectivity index (χ0n) is 51.2. The number of benzene rings is 13. The summed E-state index contributed by atoms with van der Waals surface area (Å²) < 4.78 is 4.93. The minimum Gasteiger partial charge on any atom is -0.311 e. The maximum Gasteiger partial charge on any atom is 0.252 e. The van der Waals surface area contributed by atoms with Gasteiger partial charge in [-0.2, -0.15) is 0 Å². The number of nitrogens with zero attached hydrogens (tertiary/aromatic N) is 8. The Morgan fingerprint density at radius 2 is 0.789 bits per heavy atom. The number of thiophene rings is 1. The van der Waals surface area contributed by atoms with Gasteiger partial charge in [-0.05, 0) is 125 Å². The smallest absolute Gasteiger partial charge is 0.252 e. The number of hydrogen-bond donors (Lipinski definition) is 0. The van der Waals surface area contributed by atoms with Crippen LogP contribution in [0.25, 0.3) is 127 Å². The fraction of sp³-hybridized carbons (Fsp3) is 0. The molecule has 95 heavy (non-hydrogen) atoms. The molecule has 13 aromatic carbocycles. The topological polar surface area (TPSA) is 75.9 Å². The van der Waals surface area contributed by atoms with E-state index in [0.29, 0.717) is 23.3 Å². The molecule has 2 aliphatic rings. The van der Waals surface area contributed by atoms with E-state index in [1.807, 2.05) is 72.0 Å². The van der Waals surface area contributed by atoms with Crippen LogP contribution in [-0.2, 0) is 0 Å². The molecular formula is C85H53BN8S. The first-order valence-electron chi connectivity index (χ1n) is 32.1. The van der Waals surface area contributed by atoms with Crippen molar-refractivity contribution < 1.29 is 0 Å². The molecule has 0 fully saturated rings. The summed E-state index contributed by atoms with van der Waals surface area (Å²) in [5.74, 6) is 2.25. The van der Waals surface area contributed by atoms with Crippen molar-refractivity contribution in [3.05, 3.63) is 322 Å². The molecule has 6 heterocycles. The van der Waals surface area contributed by atoms with E-state index in [1.54, 1.807) is 0 Å². The third-order valence-electron chi connectivity index (χ3n) is 18.8. The predicted octanol–water partition coefficient (Wildman–Crippen LogP) is 19.9. The van der Waals surface area contributed by atoms with Gasteiger partial charge in [0.15, 0.2) is 23.3 Å². The average Bonchev–Trinajstić information content (AvgIpc) is 1.40. The van der Waals surface area contributed by atoms with Crippen LogP contribution >= 0.6 is 11.3 Å². The highest BCUT2D eigenvalue weighted by atomic mass is 32.1. The first-order chi connectivity index (χ1) is 47.1. The largest absolute Gasteiger partial charge is 0.311 e. The highest BCUT2D eigenvalue weighted by Crippen LogP contribution is 2.48. The van der Waals surface area contributed by atoms with E-state index in [2.05, 4.69) is 275 Å². The van der Waals surface area contributed by atoms with Gasteiger partial charge in [0.2, 0.25) is 0 Å². The van der Waals surface area contributed by atoms with Gasteiger partial charge in [0.05, 0.1) is 28.1 Å². The molecule has 0 radical (unpaired) electrons. The Bertz CT molecular complexity index is 5710. The fourth-order valence-electron chi connectivity index (χ4n) is 14.6.